The molecule has 0 aliphatic carbocycles. The lowest BCUT2D eigenvalue weighted by molar-refractivity contribution is -0.139. The van der Waals surface area contributed by atoms with Crippen LogP contribution in [0.3, 0.4) is 0 Å². The lowest BCUT2D eigenvalue weighted by Crippen LogP contribution is -2.38. The van der Waals surface area contributed by atoms with Crippen molar-refractivity contribution < 1.29 is 9.90 Å². The van der Waals surface area contributed by atoms with Crippen molar-refractivity contribution in [3.63, 3.8) is 0 Å². The molecule has 0 radical (unpaired) electrons. The number of hydrogen-bond acceptors (Lipinski definition) is 4. The van der Waals surface area contributed by atoms with Crippen molar-refractivity contribution in [2.24, 2.45) is 0 Å². The Morgan fingerprint density at radius 2 is 2.31 bits per heavy atom. The Bertz CT molecular complexity index is 297. The Labute approximate surface area is 74.3 Å². The van der Waals surface area contributed by atoms with E-state index >= 15 is 0 Å². The molecule has 0 amide bonds. The topological polar surface area (TPSA) is 89.2 Å². The van der Waals surface area contributed by atoms with Crippen LogP contribution < -0.4 is 16.4 Å². The Morgan fingerprint density at radius 3 is 2.92 bits per heavy atom. The first-order valence-electron chi connectivity index (χ1n) is 3.90. The summed E-state index contributed by atoms with van der Waals surface area (Å²) < 4.78 is 0. The molecule has 0 aromatic carbocycles. The average molecular weight is 182 g/mol. The van der Waals surface area contributed by atoms with E-state index in [1.165, 1.54) is 0 Å². The van der Waals surface area contributed by atoms with Crippen LogP contribution in [0.2, 0.25) is 0 Å². The summed E-state index contributed by atoms with van der Waals surface area (Å²) in [4.78, 5) is 13.6. The SMILES string of the molecule is O=C(O)C1NNNC1c1cc[nH]c1. The van der Waals surface area contributed by atoms with Gasteiger partial charge in [0.2, 0.25) is 0 Å². The summed E-state index contributed by atoms with van der Waals surface area (Å²) in [5.41, 5.74) is 8.95. The van der Waals surface area contributed by atoms with Crippen LogP contribution in [-0.2, 0) is 4.79 Å². The third kappa shape index (κ3) is 1.42. The van der Waals surface area contributed by atoms with Gasteiger partial charge in [-0.3, -0.25) is 4.79 Å². The highest BCUT2D eigenvalue weighted by Crippen LogP contribution is 2.17. The molecule has 1 aromatic heterocycles. The van der Waals surface area contributed by atoms with Gasteiger partial charge >= 0.3 is 5.97 Å². The first-order chi connectivity index (χ1) is 6.29. The number of nitrogens with one attached hydrogen (secondary N) is 4. The highest BCUT2D eigenvalue weighted by molar-refractivity contribution is 5.75. The van der Waals surface area contributed by atoms with Crippen LogP contribution in [-0.4, -0.2) is 22.1 Å². The molecule has 0 saturated carbocycles. The van der Waals surface area contributed by atoms with Crippen molar-refractivity contribution in [1.82, 2.24) is 21.4 Å². The zero-order valence-corrected chi connectivity index (χ0v) is 6.74. The van der Waals surface area contributed by atoms with Gasteiger partial charge in [0.15, 0.2) is 0 Å². The number of carboxylic acid groups (broad SMARTS) is 1. The summed E-state index contributed by atoms with van der Waals surface area (Å²) in [6.45, 7) is 0. The molecule has 2 rings (SSSR count). The van der Waals surface area contributed by atoms with Crippen LogP contribution >= 0.6 is 0 Å². The van der Waals surface area contributed by atoms with Crippen LogP contribution in [0.5, 0.6) is 0 Å². The maximum absolute atomic E-state index is 10.8. The largest absolute Gasteiger partial charge is 0.480 e. The predicted molar refractivity (Wildman–Crippen MR) is 44.4 cm³/mol. The number of aliphatic carboxylic acids is 1. The number of aromatic nitrogens is 1. The molecule has 70 valence electrons. The number of hydrazine groups is 2. The molecular weight excluding hydrogens is 172 g/mol. The molecule has 0 bridgehead atoms. The van der Waals surface area contributed by atoms with Crippen molar-refractivity contribution in [3.8, 4) is 0 Å². The van der Waals surface area contributed by atoms with E-state index in [0.29, 0.717) is 0 Å². The molecule has 2 unspecified atom stereocenters. The molecule has 1 saturated heterocycles. The fraction of sp³-hybridized carbons (Fsp3) is 0.286. The standard InChI is InChI=1S/C7H10N4O2/c12-7(13)6-5(9-11-10-6)4-1-2-8-3-4/h1-3,5-6,8-11H,(H,12,13). The number of hydrogen-bond donors (Lipinski definition) is 5. The van der Waals surface area contributed by atoms with Crippen molar-refractivity contribution in [2.75, 3.05) is 0 Å². The molecule has 0 spiro atoms. The lowest BCUT2D eigenvalue weighted by atomic mass is 10.0. The van der Waals surface area contributed by atoms with Crippen LogP contribution in [0, 0.1) is 0 Å². The third-order valence-corrected chi connectivity index (χ3v) is 2.04. The summed E-state index contributed by atoms with van der Waals surface area (Å²) in [6.07, 6.45) is 3.52. The molecular formula is C7H10N4O2. The summed E-state index contributed by atoms with van der Waals surface area (Å²) in [5.74, 6) is -0.885. The van der Waals surface area contributed by atoms with Crippen molar-refractivity contribution in [2.45, 2.75) is 12.1 Å². The van der Waals surface area contributed by atoms with Crippen molar-refractivity contribution in [3.05, 3.63) is 24.0 Å². The number of carbonyl (C=O) groups is 1. The first-order valence-corrected chi connectivity index (χ1v) is 3.90. The minimum atomic E-state index is -0.885. The van der Waals surface area contributed by atoms with Gasteiger partial charge in [0.1, 0.15) is 6.04 Å². The fourth-order valence-electron chi connectivity index (χ4n) is 1.37. The van der Waals surface area contributed by atoms with E-state index in [4.69, 9.17) is 5.11 Å². The second kappa shape index (κ2) is 3.17. The summed E-state index contributed by atoms with van der Waals surface area (Å²) in [5, 5.41) is 8.83. The predicted octanol–water partition coefficient (Wildman–Crippen LogP) is -0.879. The van der Waals surface area contributed by atoms with E-state index in [0.717, 1.165) is 5.56 Å². The monoisotopic (exact) mass is 182 g/mol. The Balaban J connectivity index is 2.19. The third-order valence-electron chi connectivity index (χ3n) is 2.04. The molecule has 2 heterocycles. The highest BCUT2D eigenvalue weighted by atomic mass is 16.4. The quantitative estimate of drug-likeness (QED) is 0.410. The van der Waals surface area contributed by atoms with Gasteiger partial charge in [-0.15, -0.1) is 0 Å². The van der Waals surface area contributed by atoms with Crippen LogP contribution in [0.1, 0.15) is 11.6 Å². The van der Waals surface area contributed by atoms with Gasteiger partial charge in [-0.1, -0.05) is 0 Å². The van der Waals surface area contributed by atoms with E-state index in [1.807, 2.05) is 6.07 Å². The minimum Gasteiger partial charge on any atom is -0.480 e. The molecule has 5 N–H and O–H groups in total. The summed E-state index contributed by atoms with van der Waals surface area (Å²) >= 11 is 0. The fourth-order valence-corrected chi connectivity index (χ4v) is 1.37. The van der Waals surface area contributed by atoms with Crippen molar-refractivity contribution in [1.29, 1.82) is 0 Å². The van der Waals surface area contributed by atoms with E-state index in [9.17, 15) is 4.79 Å². The Morgan fingerprint density at radius 1 is 1.46 bits per heavy atom. The molecule has 1 aliphatic rings. The number of aromatic amines is 1. The Kier molecular flexibility index (Phi) is 2.01. The number of rotatable bonds is 2. The molecule has 13 heavy (non-hydrogen) atoms. The number of H-pyrrole nitrogens is 1. The van der Waals surface area contributed by atoms with Crippen molar-refractivity contribution >= 4 is 5.97 Å². The zero-order valence-electron chi connectivity index (χ0n) is 6.74. The Hall–Kier alpha value is -1.37. The second-order valence-corrected chi connectivity index (χ2v) is 2.85. The van der Waals surface area contributed by atoms with E-state index < -0.39 is 12.0 Å². The average Bonchev–Trinajstić information content (AvgIpc) is 2.74. The normalized spacial score (nSPS) is 27.7. The maximum Gasteiger partial charge on any atom is 0.324 e. The second-order valence-electron chi connectivity index (χ2n) is 2.85. The van der Waals surface area contributed by atoms with Gasteiger partial charge in [0.05, 0.1) is 6.04 Å². The smallest absolute Gasteiger partial charge is 0.324 e. The first kappa shape index (κ1) is 8.24. The van der Waals surface area contributed by atoms with E-state index in [1.54, 1.807) is 12.4 Å². The van der Waals surface area contributed by atoms with E-state index in [-0.39, 0.29) is 6.04 Å². The van der Waals surface area contributed by atoms with Gasteiger partial charge in [-0.25, -0.2) is 10.9 Å². The van der Waals surface area contributed by atoms with Gasteiger partial charge < -0.3 is 10.1 Å². The van der Waals surface area contributed by atoms with Crippen LogP contribution in [0.25, 0.3) is 0 Å². The molecule has 1 fully saturated rings. The van der Waals surface area contributed by atoms with Gasteiger partial charge in [0, 0.05) is 12.4 Å². The van der Waals surface area contributed by atoms with Gasteiger partial charge in [-0.2, -0.15) is 5.53 Å². The molecule has 1 aromatic rings. The lowest BCUT2D eigenvalue weighted by Gasteiger charge is -2.11. The summed E-state index contributed by atoms with van der Waals surface area (Å²) in [6, 6.07) is 0.946. The molecule has 6 nitrogen and oxygen atoms in total. The molecule has 2 atom stereocenters. The van der Waals surface area contributed by atoms with Gasteiger partial charge in [-0.05, 0) is 11.6 Å². The number of carboxylic acids is 1. The highest BCUT2D eigenvalue weighted by Gasteiger charge is 2.33. The molecule has 1 aliphatic heterocycles. The zero-order chi connectivity index (χ0) is 9.26. The van der Waals surface area contributed by atoms with Crippen LogP contribution in [0.15, 0.2) is 18.5 Å². The van der Waals surface area contributed by atoms with Gasteiger partial charge in [0.25, 0.3) is 0 Å². The minimum absolute atomic E-state index is 0.247. The molecule has 6 heteroatoms. The maximum atomic E-state index is 10.8. The van der Waals surface area contributed by atoms with Crippen LogP contribution in [0.4, 0.5) is 0 Å². The summed E-state index contributed by atoms with van der Waals surface area (Å²) in [7, 11) is 0. The van der Waals surface area contributed by atoms with E-state index in [2.05, 4.69) is 21.4 Å².